The van der Waals surface area contributed by atoms with E-state index in [0.717, 1.165) is 0 Å². The fraction of sp³-hybridized carbons (Fsp3) is 0.0714. The van der Waals surface area contributed by atoms with Crippen LogP contribution in [0.5, 0.6) is 11.5 Å². The number of nitro groups is 1. The van der Waals surface area contributed by atoms with E-state index in [4.69, 9.17) is 4.74 Å². The number of ether oxygens (including phenoxy) is 1. The number of rotatable bonds is 4. The number of aryl methyl sites for hydroxylation is 1. The van der Waals surface area contributed by atoms with Gasteiger partial charge < -0.3 is 9.84 Å². The van der Waals surface area contributed by atoms with Gasteiger partial charge in [-0.05, 0) is 40.5 Å². The monoisotopic (exact) mass is 351 g/mol. The third kappa shape index (κ3) is 3.03. The highest BCUT2D eigenvalue weighted by molar-refractivity contribution is 9.10. The maximum absolute atomic E-state index is 11.3. The predicted octanol–water partition coefficient (Wildman–Crippen LogP) is 4.16. The Balaban J connectivity index is 2.56. The van der Waals surface area contributed by atoms with Crippen molar-refractivity contribution >= 4 is 27.6 Å². The van der Waals surface area contributed by atoms with Crippen LogP contribution >= 0.6 is 15.9 Å². The molecule has 2 aromatic rings. The van der Waals surface area contributed by atoms with Crippen molar-refractivity contribution in [1.82, 2.24) is 0 Å². The van der Waals surface area contributed by atoms with Crippen LogP contribution < -0.4 is 4.74 Å². The second-order valence-electron chi connectivity index (χ2n) is 4.20. The fourth-order valence-corrected chi connectivity index (χ4v) is 2.34. The maximum Gasteiger partial charge on any atom is 0.340 e. The van der Waals surface area contributed by atoms with Gasteiger partial charge in [0.15, 0.2) is 0 Å². The van der Waals surface area contributed by atoms with E-state index in [-0.39, 0.29) is 22.7 Å². The van der Waals surface area contributed by atoms with Crippen molar-refractivity contribution < 1.29 is 19.6 Å². The molecule has 0 bridgehead atoms. The molecule has 0 saturated carbocycles. The number of aromatic carboxylic acids is 1. The number of benzene rings is 2. The van der Waals surface area contributed by atoms with Crippen molar-refractivity contribution in [2.24, 2.45) is 0 Å². The van der Waals surface area contributed by atoms with E-state index in [2.05, 4.69) is 15.9 Å². The Labute approximate surface area is 128 Å². The van der Waals surface area contributed by atoms with Gasteiger partial charge in [-0.25, -0.2) is 4.79 Å². The molecule has 0 amide bonds. The molecule has 108 valence electrons. The summed E-state index contributed by atoms with van der Waals surface area (Å²) in [5.41, 5.74) is 0.238. The van der Waals surface area contributed by atoms with Gasteiger partial charge >= 0.3 is 11.7 Å². The third-order valence-electron chi connectivity index (χ3n) is 2.79. The summed E-state index contributed by atoms with van der Waals surface area (Å²) in [6, 6.07) is 9.10. The molecule has 0 aliphatic carbocycles. The Kier molecular flexibility index (Phi) is 4.23. The number of hydrogen-bond acceptors (Lipinski definition) is 4. The number of hydrogen-bond donors (Lipinski definition) is 1. The largest absolute Gasteiger partial charge is 0.478 e. The van der Waals surface area contributed by atoms with Crippen LogP contribution in [0.15, 0.2) is 40.9 Å². The van der Waals surface area contributed by atoms with E-state index in [1.807, 2.05) is 0 Å². The number of nitrogens with zero attached hydrogens (tertiary/aromatic N) is 1. The van der Waals surface area contributed by atoms with E-state index in [1.165, 1.54) is 12.1 Å². The maximum atomic E-state index is 11.3. The summed E-state index contributed by atoms with van der Waals surface area (Å²) in [6.45, 7) is 1.65. The molecule has 0 saturated heterocycles. The lowest BCUT2D eigenvalue weighted by Crippen LogP contribution is -2.03. The molecule has 21 heavy (non-hydrogen) atoms. The normalized spacial score (nSPS) is 10.2. The second-order valence-corrected chi connectivity index (χ2v) is 5.05. The Hall–Kier alpha value is -2.41. The number of halogens is 1. The first kappa shape index (κ1) is 15.0. The van der Waals surface area contributed by atoms with E-state index >= 15 is 0 Å². The molecular weight excluding hydrogens is 342 g/mol. The molecule has 1 N–H and O–H groups in total. The number of para-hydroxylation sites is 1. The summed E-state index contributed by atoms with van der Waals surface area (Å²) in [7, 11) is 0. The average molecular weight is 352 g/mol. The lowest BCUT2D eigenvalue weighted by atomic mass is 10.1. The van der Waals surface area contributed by atoms with Crippen molar-refractivity contribution in [2.45, 2.75) is 6.92 Å². The molecule has 0 spiro atoms. The zero-order valence-electron chi connectivity index (χ0n) is 10.9. The van der Waals surface area contributed by atoms with Gasteiger partial charge in [0, 0.05) is 10.5 Å². The van der Waals surface area contributed by atoms with E-state index in [9.17, 15) is 20.0 Å². The first-order valence-corrected chi connectivity index (χ1v) is 6.64. The molecule has 0 aliphatic rings. The van der Waals surface area contributed by atoms with Crippen molar-refractivity contribution in [2.75, 3.05) is 0 Å². The van der Waals surface area contributed by atoms with Crippen LogP contribution in [0.3, 0.4) is 0 Å². The van der Waals surface area contributed by atoms with E-state index < -0.39 is 10.9 Å². The molecule has 0 aliphatic heterocycles. The molecule has 0 fully saturated rings. The summed E-state index contributed by atoms with van der Waals surface area (Å²) < 4.78 is 5.86. The number of nitro benzene ring substituents is 1. The van der Waals surface area contributed by atoms with Crippen LogP contribution in [0, 0.1) is 17.0 Å². The van der Waals surface area contributed by atoms with Crippen molar-refractivity contribution in [3.63, 3.8) is 0 Å². The van der Waals surface area contributed by atoms with Crippen LogP contribution in [0.4, 0.5) is 5.69 Å². The molecular formula is C14H10BrNO5. The lowest BCUT2D eigenvalue weighted by Gasteiger charge is -2.12. The third-order valence-corrected chi connectivity index (χ3v) is 3.45. The lowest BCUT2D eigenvalue weighted by molar-refractivity contribution is -0.385. The predicted molar refractivity (Wildman–Crippen MR) is 79.0 cm³/mol. The molecule has 7 heteroatoms. The first-order chi connectivity index (χ1) is 9.91. The van der Waals surface area contributed by atoms with Crippen LogP contribution in [0.1, 0.15) is 15.9 Å². The van der Waals surface area contributed by atoms with Gasteiger partial charge in [0.25, 0.3) is 0 Å². The van der Waals surface area contributed by atoms with Gasteiger partial charge in [-0.1, -0.05) is 18.2 Å². The number of carboxylic acid groups (broad SMARTS) is 1. The summed E-state index contributed by atoms with van der Waals surface area (Å²) in [5.74, 6) is -1.12. The molecule has 0 radical (unpaired) electrons. The zero-order chi connectivity index (χ0) is 15.6. The minimum atomic E-state index is -1.19. The SMILES string of the molecule is Cc1cccc([N+](=O)[O-])c1Oc1cccc(Br)c1C(=O)O. The van der Waals surface area contributed by atoms with E-state index in [1.54, 1.807) is 31.2 Å². The molecule has 0 aromatic heterocycles. The molecule has 0 heterocycles. The zero-order valence-corrected chi connectivity index (χ0v) is 12.5. The van der Waals surface area contributed by atoms with Crippen LogP contribution in [-0.2, 0) is 0 Å². The highest BCUT2D eigenvalue weighted by Gasteiger charge is 2.21. The van der Waals surface area contributed by atoms with Crippen LogP contribution in [-0.4, -0.2) is 16.0 Å². The fourth-order valence-electron chi connectivity index (χ4n) is 1.82. The van der Waals surface area contributed by atoms with Gasteiger partial charge in [-0.3, -0.25) is 10.1 Å². The number of carbonyl (C=O) groups is 1. The van der Waals surface area contributed by atoms with Gasteiger partial charge in [0.2, 0.25) is 5.75 Å². The Bertz CT molecular complexity index is 729. The van der Waals surface area contributed by atoms with Gasteiger partial charge in [0.1, 0.15) is 11.3 Å². The Morgan fingerprint density at radius 1 is 1.29 bits per heavy atom. The molecule has 0 atom stereocenters. The minimum Gasteiger partial charge on any atom is -0.478 e. The van der Waals surface area contributed by atoms with Crippen molar-refractivity contribution in [3.8, 4) is 11.5 Å². The van der Waals surface area contributed by atoms with Gasteiger partial charge in [0.05, 0.1) is 4.92 Å². The topological polar surface area (TPSA) is 89.7 Å². The summed E-state index contributed by atoms with van der Waals surface area (Å²) in [6.07, 6.45) is 0. The molecule has 2 aromatic carbocycles. The van der Waals surface area contributed by atoms with Crippen LogP contribution in [0.25, 0.3) is 0 Å². The molecule has 0 unspecified atom stereocenters. The first-order valence-electron chi connectivity index (χ1n) is 5.85. The summed E-state index contributed by atoms with van der Waals surface area (Å²) in [5, 5.41) is 20.3. The van der Waals surface area contributed by atoms with Gasteiger partial charge in [-0.2, -0.15) is 0 Å². The smallest absolute Gasteiger partial charge is 0.340 e. The highest BCUT2D eigenvalue weighted by atomic mass is 79.9. The highest BCUT2D eigenvalue weighted by Crippen LogP contribution is 2.37. The van der Waals surface area contributed by atoms with Crippen molar-refractivity contribution in [3.05, 3.63) is 62.1 Å². The summed E-state index contributed by atoms with van der Waals surface area (Å²) >= 11 is 3.13. The van der Waals surface area contributed by atoms with Crippen molar-refractivity contribution in [1.29, 1.82) is 0 Å². The Morgan fingerprint density at radius 3 is 2.57 bits per heavy atom. The standard InChI is InChI=1S/C14H10BrNO5/c1-8-4-2-6-10(16(19)20)13(8)21-11-7-3-5-9(15)12(11)14(17)18/h2-7H,1H3,(H,17,18). The molecule has 6 nitrogen and oxygen atoms in total. The van der Waals surface area contributed by atoms with Crippen LogP contribution in [0.2, 0.25) is 0 Å². The Morgan fingerprint density at radius 2 is 1.95 bits per heavy atom. The number of carboxylic acids is 1. The quantitative estimate of drug-likeness (QED) is 0.659. The minimum absolute atomic E-state index is 0.0306. The second kappa shape index (κ2) is 5.92. The summed E-state index contributed by atoms with van der Waals surface area (Å²) in [4.78, 5) is 21.8. The average Bonchev–Trinajstić information content (AvgIpc) is 2.40. The molecule has 2 rings (SSSR count). The van der Waals surface area contributed by atoms with Gasteiger partial charge in [-0.15, -0.1) is 0 Å². The van der Waals surface area contributed by atoms with E-state index in [0.29, 0.717) is 10.0 Å².